The Balaban J connectivity index is 1.52. The van der Waals surface area contributed by atoms with Gasteiger partial charge in [0, 0.05) is 68.6 Å². The molecule has 2 aliphatic heterocycles. The van der Waals surface area contributed by atoms with Crippen molar-refractivity contribution in [3.8, 4) is 16.9 Å². The van der Waals surface area contributed by atoms with Crippen molar-refractivity contribution < 1.29 is 9.47 Å². The summed E-state index contributed by atoms with van der Waals surface area (Å²) in [5, 5.41) is 17.8. The Kier molecular flexibility index (Phi) is 11.0. The van der Waals surface area contributed by atoms with Gasteiger partial charge in [0.25, 0.3) is 0 Å². The van der Waals surface area contributed by atoms with E-state index in [9.17, 15) is 4.91 Å². The second-order valence-corrected chi connectivity index (χ2v) is 11.7. The number of benzene rings is 2. The molecule has 5 N–H and O–H groups in total. The van der Waals surface area contributed by atoms with Gasteiger partial charge in [0.05, 0.1) is 19.8 Å². The predicted molar refractivity (Wildman–Crippen MR) is 192 cm³/mol. The van der Waals surface area contributed by atoms with Crippen molar-refractivity contribution in [1.29, 1.82) is 5.41 Å². The molecule has 2 aromatic carbocycles. The summed E-state index contributed by atoms with van der Waals surface area (Å²) in [6.07, 6.45) is 9.73. The highest BCUT2D eigenvalue weighted by Crippen LogP contribution is 2.39. The molecule has 246 valence electrons. The maximum atomic E-state index is 12.3. The predicted octanol–water partition coefficient (Wildman–Crippen LogP) is 5.81. The van der Waals surface area contributed by atoms with E-state index in [-0.39, 0.29) is 0 Å². The number of pyridine rings is 1. The zero-order valence-corrected chi connectivity index (χ0v) is 27.3. The Morgan fingerprint density at radius 1 is 1.13 bits per heavy atom. The van der Waals surface area contributed by atoms with Crippen molar-refractivity contribution in [2.45, 2.75) is 19.4 Å². The number of nitroso groups, excluding NO2 is 1. The fourth-order valence-electron chi connectivity index (χ4n) is 5.96. The number of hydrogen-bond donors (Lipinski definition) is 4. The van der Waals surface area contributed by atoms with Gasteiger partial charge in [-0.15, -0.1) is 0 Å². The molecule has 47 heavy (non-hydrogen) atoms. The Labute approximate surface area is 276 Å². The molecule has 0 amide bonds. The highest BCUT2D eigenvalue weighted by atomic mass is 16.5. The molecule has 5 rings (SSSR count). The van der Waals surface area contributed by atoms with Crippen molar-refractivity contribution in [1.82, 2.24) is 15.2 Å². The quantitative estimate of drug-likeness (QED) is 0.104. The monoisotopic (exact) mass is 636 g/mol. The molecule has 2 aliphatic rings. The van der Waals surface area contributed by atoms with Gasteiger partial charge in [-0.3, -0.25) is 4.90 Å². The summed E-state index contributed by atoms with van der Waals surface area (Å²) in [6, 6.07) is 13.0. The molecule has 0 saturated carbocycles. The van der Waals surface area contributed by atoms with Crippen LogP contribution in [-0.2, 0) is 4.74 Å². The number of nitrogen functional groups attached to an aromatic ring is 1. The number of allylic oxidation sites excluding steroid dienone is 1. The van der Waals surface area contributed by atoms with Gasteiger partial charge in [0.15, 0.2) is 23.1 Å². The lowest BCUT2D eigenvalue weighted by atomic mass is 10.0. The lowest BCUT2D eigenvalue weighted by molar-refractivity contribution is 0.121. The number of rotatable bonds is 13. The lowest BCUT2D eigenvalue weighted by Gasteiger charge is -2.35. The Hall–Kier alpha value is -5.00. The molecule has 0 radical (unpaired) electrons. The normalized spacial score (nSPS) is 17.4. The van der Waals surface area contributed by atoms with E-state index in [1.54, 1.807) is 12.3 Å². The molecule has 3 aromatic rings. The third-order valence-corrected chi connectivity index (χ3v) is 8.63. The second-order valence-electron chi connectivity index (χ2n) is 11.7. The topological polar surface area (TPSA) is 141 Å². The number of aromatic nitrogens is 1. The molecule has 1 fully saturated rings. The number of hydrogen-bond acceptors (Lipinski definition) is 11. The molecule has 0 spiro atoms. The molecule has 11 nitrogen and oxygen atoms in total. The summed E-state index contributed by atoms with van der Waals surface area (Å²) in [4.78, 5) is 21.4. The van der Waals surface area contributed by atoms with Gasteiger partial charge in [-0.05, 0) is 65.4 Å². The number of fused-ring (bicyclic) bond motifs is 1. The van der Waals surface area contributed by atoms with Crippen LogP contribution in [0.15, 0.2) is 78.1 Å². The standard InChI is InChI=1S/C36H44N8O3/c1-5-24-20-43(13-14-46-23-24)21-30(42-45)22-44-35(40-4)33(12-8-25-7-11-32(39-3)26(6-2)15-25)47-34-17-29(19-41-36(34)44)27-9-10-31(38)28(16-27)18-37/h6-12,15-19,24,30,37,39-40H,2,5,13-14,20-23,38H2,1,3-4H3/b12-8+,37-18?. The summed E-state index contributed by atoms with van der Waals surface area (Å²) in [5.74, 6) is 2.76. The number of nitrogens with two attached hydrogens (primary N) is 1. The van der Waals surface area contributed by atoms with Crippen LogP contribution in [0, 0.1) is 16.2 Å². The second kappa shape index (κ2) is 15.5. The fourth-order valence-corrected chi connectivity index (χ4v) is 5.96. The largest absolute Gasteiger partial charge is 0.450 e. The molecular weight excluding hydrogens is 592 g/mol. The first-order valence-corrected chi connectivity index (χ1v) is 15.9. The Bertz CT molecular complexity index is 1670. The SMILES string of the molecule is C=Cc1cc(/C=C/C2=C(NC)N(CC(CN3CCOCC(CC)C3)N=O)c3ncc(-c4ccc(N)c(C=N)c4)cc3O2)ccc1NC. The summed E-state index contributed by atoms with van der Waals surface area (Å²) in [7, 11) is 3.71. The zero-order chi connectivity index (χ0) is 33.3. The van der Waals surface area contributed by atoms with Crippen LogP contribution >= 0.6 is 0 Å². The van der Waals surface area contributed by atoms with Crippen molar-refractivity contribution >= 4 is 35.6 Å². The van der Waals surface area contributed by atoms with E-state index in [4.69, 9.17) is 25.6 Å². The van der Waals surface area contributed by atoms with Crippen LogP contribution in [0.2, 0.25) is 0 Å². The van der Waals surface area contributed by atoms with Gasteiger partial charge >= 0.3 is 0 Å². The van der Waals surface area contributed by atoms with Gasteiger partial charge in [-0.2, -0.15) is 4.91 Å². The van der Waals surface area contributed by atoms with Crippen LogP contribution in [0.25, 0.3) is 23.3 Å². The molecule has 1 saturated heterocycles. The lowest BCUT2D eigenvalue weighted by Crippen LogP contribution is -2.44. The van der Waals surface area contributed by atoms with Crippen LogP contribution in [0.5, 0.6) is 5.75 Å². The first-order valence-electron chi connectivity index (χ1n) is 15.9. The van der Waals surface area contributed by atoms with Crippen molar-refractivity contribution in [3.63, 3.8) is 0 Å². The third-order valence-electron chi connectivity index (χ3n) is 8.63. The molecular formula is C36H44N8O3. The average Bonchev–Trinajstić information content (AvgIpc) is 3.35. The average molecular weight is 637 g/mol. The highest BCUT2D eigenvalue weighted by molar-refractivity contribution is 5.88. The van der Waals surface area contributed by atoms with Crippen LogP contribution in [0.1, 0.15) is 30.0 Å². The molecule has 0 aliphatic carbocycles. The summed E-state index contributed by atoms with van der Waals surface area (Å²) in [6.45, 7) is 9.91. The number of nitrogens with one attached hydrogen (secondary N) is 3. The maximum Gasteiger partial charge on any atom is 0.177 e. The van der Waals surface area contributed by atoms with Crippen LogP contribution < -0.4 is 26.0 Å². The number of anilines is 3. The van der Waals surface area contributed by atoms with Crippen molar-refractivity contribution in [2.75, 3.05) is 69.4 Å². The fraction of sp³-hybridized carbons (Fsp3) is 0.333. The zero-order valence-electron chi connectivity index (χ0n) is 27.3. The Morgan fingerprint density at radius 3 is 2.70 bits per heavy atom. The van der Waals surface area contributed by atoms with Crippen molar-refractivity contribution in [3.05, 3.63) is 94.5 Å². The number of ether oxygens (including phenoxy) is 2. The molecule has 2 atom stereocenters. The minimum Gasteiger partial charge on any atom is -0.450 e. The maximum absolute atomic E-state index is 12.3. The molecule has 3 heterocycles. The van der Waals surface area contributed by atoms with Gasteiger partial charge in [-0.1, -0.05) is 43.0 Å². The van der Waals surface area contributed by atoms with Crippen LogP contribution in [-0.4, -0.2) is 75.6 Å². The molecule has 2 unspecified atom stereocenters. The van der Waals surface area contributed by atoms with E-state index >= 15 is 0 Å². The Morgan fingerprint density at radius 2 is 1.98 bits per heavy atom. The van der Waals surface area contributed by atoms with E-state index in [0.29, 0.717) is 60.0 Å². The minimum atomic E-state index is -0.539. The van der Waals surface area contributed by atoms with E-state index < -0.39 is 6.04 Å². The summed E-state index contributed by atoms with van der Waals surface area (Å²) >= 11 is 0. The highest BCUT2D eigenvalue weighted by Gasteiger charge is 2.31. The minimum absolute atomic E-state index is 0.297. The molecule has 1 aromatic heterocycles. The van der Waals surface area contributed by atoms with E-state index in [0.717, 1.165) is 54.1 Å². The summed E-state index contributed by atoms with van der Waals surface area (Å²) in [5.41, 5.74) is 11.8. The first-order chi connectivity index (χ1) is 22.9. The van der Waals surface area contributed by atoms with Gasteiger partial charge in [-0.25, -0.2) is 4.98 Å². The van der Waals surface area contributed by atoms with Gasteiger partial charge < -0.3 is 36.2 Å². The van der Waals surface area contributed by atoms with Gasteiger partial charge in [0.1, 0.15) is 6.04 Å². The van der Waals surface area contributed by atoms with Crippen LogP contribution in [0.3, 0.4) is 0 Å². The van der Waals surface area contributed by atoms with Crippen molar-refractivity contribution in [2.24, 2.45) is 11.1 Å². The molecule has 11 heteroatoms. The van der Waals surface area contributed by atoms with Gasteiger partial charge in [0.2, 0.25) is 0 Å². The van der Waals surface area contributed by atoms with E-state index in [2.05, 4.69) is 34.2 Å². The summed E-state index contributed by atoms with van der Waals surface area (Å²) < 4.78 is 12.3. The van der Waals surface area contributed by atoms with E-state index in [1.165, 1.54) is 6.21 Å². The smallest absolute Gasteiger partial charge is 0.177 e. The van der Waals surface area contributed by atoms with Crippen LogP contribution in [0.4, 0.5) is 17.2 Å². The number of nitrogens with zero attached hydrogens (tertiary/aromatic N) is 4. The first kappa shape index (κ1) is 33.4. The third kappa shape index (κ3) is 7.70. The van der Waals surface area contributed by atoms with E-state index in [1.807, 2.05) is 73.6 Å². The molecule has 0 bridgehead atoms.